The van der Waals surface area contributed by atoms with Gasteiger partial charge in [0.15, 0.2) is 0 Å². The molecular weight excluding hydrogens is 284 g/mol. The Hall–Kier alpha value is -2.05. The molecule has 1 aliphatic rings. The lowest BCUT2D eigenvalue weighted by Gasteiger charge is -2.29. The summed E-state index contributed by atoms with van der Waals surface area (Å²) in [5.74, 6) is 0.222. The van der Waals surface area contributed by atoms with E-state index in [-0.39, 0.29) is 18.0 Å². The predicted molar refractivity (Wildman–Crippen MR) is 85.8 cm³/mol. The Bertz CT molecular complexity index is 431. The number of likely N-dealkylation sites (N-methyl/N-ethyl adjacent to an activating group) is 1. The van der Waals surface area contributed by atoms with Crippen LogP contribution in [0.2, 0.25) is 0 Å². The molecule has 0 unspecified atom stereocenters. The zero-order chi connectivity index (χ0) is 16.5. The zero-order valence-electron chi connectivity index (χ0n) is 13.7. The van der Waals surface area contributed by atoms with Crippen molar-refractivity contribution < 1.29 is 14.3 Å². The smallest absolute Gasteiger partial charge is 0.436 e. The van der Waals surface area contributed by atoms with Gasteiger partial charge in [0.25, 0.3) is 0 Å². The van der Waals surface area contributed by atoms with Crippen LogP contribution < -0.4 is 5.32 Å². The van der Waals surface area contributed by atoms with E-state index in [0.29, 0.717) is 6.54 Å². The first-order chi connectivity index (χ1) is 10.5. The Morgan fingerprint density at radius 1 is 1.32 bits per heavy atom. The van der Waals surface area contributed by atoms with E-state index in [1.807, 2.05) is 0 Å². The van der Waals surface area contributed by atoms with Crippen LogP contribution in [0.3, 0.4) is 0 Å². The van der Waals surface area contributed by atoms with Crippen molar-refractivity contribution in [3.8, 4) is 0 Å². The van der Waals surface area contributed by atoms with Gasteiger partial charge in [-0.25, -0.2) is 9.59 Å². The van der Waals surface area contributed by atoms with Gasteiger partial charge in [0.1, 0.15) is 0 Å². The van der Waals surface area contributed by atoms with Crippen LogP contribution in [0.15, 0.2) is 17.6 Å². The van der Waals surface area contributed by atoms with Crippen LogP contribution >= 0.6 is 0 Å². The lowest BCUT2D eigenvalue weighted by molar-refractivity contribution is 0.181. The number of hydrogen-bond acceptors (Lipinski definition) is 3. The third-order valence-corrected chi connectivity index (χ3v) is 3.65. The molecule has 0 aromatic carbocycles. The molecule has 1 fully saturated rings. The van der Waals surface area contributed by atoms with Gasteiger partial charge in [-0.1, -0.05) is 25.3 Å². The molecule has 0 radical (unpaired) electrons. The highest BCUT2D eigenvalue weighted by atomic mass is 16.5. The maximum atomic E-state index is 12.4. The molecule has 1 aliphatic carbocycles. The van der Waals surface area contributed by atoms with Crippen molar-refractivity contribution in [2.75, 3.05) is 27.7 Å². The second kappa shape index (κ2) is 9.07. The molecule has 1 N–H and O–H groups in total. The van der Waals surface area contributed by atoms with Gasteiger partial charge in [0, 0.05) is 26.7 Å². The van der Waals surface area contributed by atoms with Crippen molar-refractivity contribution in [1.29, 1.82) is 0 Å². The van der Waals surface area contributed by atoms with Gasteiger partial charge < -0.3 is 15.0 Å². The lowest BCUT2D eigenvalue weighted by atomic mass is 9.96. The minimum atomic E-state index is -0.747. The summed E-state index contributed by atoms with van der Waals surface area (Å²) in [5, 5.41) is 2.99. The summed E-state index contributed by atoms with van der Waals surface area (Å²) >= 11 is 0. The number of guanidine groups is 1. The highest BCUT2D eigenvalue weighted by molar-refractivity contribution is 6.00. The Morgan fingerprint density at radius 3 is 2.50 bits per heavy atom. The van der Waals surface area contributed by atoms with E-state index in [1.165, 1.54) is 18.4 Å². The number of nitrogens with zero attached hydrogens (tertiary/aromatic N) is 3. The molecule has 1 saturated carbocycles. The Kier molecular flexibility index (Phi) is 7.42. The normalized spacial score (nSPS) is 15.9. The van der Waals surface area contributed by atoms with E-state index in [4.69, 9.17) is 0 Å². The molecule has 0 aliphatic heterocycles. The van der Waals surface area contributed by atoms with Gasteiger partial charge in [-0.2, -0.15) is 0 Å². The first-order valence-corrected chi connectivity index (χ1v) is 7.52. The van der Waals surface area contributed by atoms with E-state index >= 15 is 0 Å². The van der Waals surface area contributed by atoms with E-state index in [2.05, 4.69) is 21.6 Å². The number of ether oxygens (including phenoxy) is 1. The molecule has 0 heterocycles. The molecule has 3 amide bonds. The average molecular weight is 310 g/mol. The van der Waals surface area contributed by atoms with E-state index < -0.39 is 6.09 Å². The van der Waals surface area contributed by atoms with Crippen LogP contribution in [-0.4, -0.2) is 61.7 Å². The Balaban J connectivity index is 2.78. The monoisotopic (exact) mass is 310 g/mol. The van der Waals surface area contributed by atoms with Crippen molar-refractivity contribution in [2.45, 2.75) is 38.1 Å². The fourth-order valence-electron chi connectivity index (χ4n) is 2.43. The molecule has 7 nitrogen and oxygen atoms in total. The third-order valence-electron chi connectivity index (χ3n) is 3.65. The maximum absolute atomic E-state index is 12.4. The van der Waals surface area contributed by atoms with Gasteiger partial charge in [-0.05, 0) is 12.8 Å². The third kappa shape index (κ3) is 5.38. The molecular formula is C15H26N4O3. The highest BCUT2D eigenvalue weighted by Crippen LogP contribution is 2.17. The van der Waals surface area contributed by atoms with Crippen LogP contribution in [-0.2, 0) is 4.74 Å². The number of carbonyl (C=O) groups is 2. The van der Waals surface area contributed by atoms with Crippen molar-refractivity contribution in [2.24, 2.45) is 4.99 Å². The Morgan fingerprint density at radius 2 is 1.95 bits per heavy atom. The van der Waals surface area contributed by atoms with E-state index in [9.17, 15) is 9.59 Å². The number of nitrogens with one attached hydrogen (secondary N) is 1. The molecule has 124 valence electrons. The van der Waals surface area contributed by atoms with Crippen molar-refractivity contribution in [3.05, 3.63) is 12.7 Å². The van der Waals surface area contributed by atoms with Crippen molar-refractivity contribution in [1.82, 2.24) is 15.1 Å². The zero-order valence-corrected chi connectivity index (χ0v) is 13.7. The molecule has 0 aromatic rings. The number of urea groups is 1. The number of carbonyl (C=O) groups excluding carboxylic acids is 2. The summed E-state index contributed by atoms with van der Waals surface area (Å²) in [6.07, 6.45) is 6.39. The van der Waals surface area contributed by atoms with E-state index in [1.54, 1.807) is 25.1 Å². The van der Waals surface area contributed by atoms with Crippen LogP contribution in [0.25, 0.3) is 0 Å². The Labute approximate surface area is 132 Å². The first kappa shape index (κ1) is 18.0. The molecule has 0 aromatic heterocycles. The summed E-state index contributed by atoms with van der Waals surface area (Å²) < 4.78 is 4.55. The quantitative estimate of drug-likeness (QED) is 0.493. The van der Waals surface area contributed by atoms with Gasteiger partial charge in [0.05, 0.1) is 7.11 Å². The van der Waals surface area contributed by atoms with Crippen molar-refractivity contribution >= 4 is 18.1 Å². The van der Waals surface area contributed by atoms with E-state index in [0.717, 1.165) is 25.7 Å². The second-order valence-corrected chi connectivity index (χ2v) is 5.39. The number of rotatable bonds is 3. The standard InChI is InChI=1S/C15H26N4O3/c1-5-11-18(2)13(17-15(21)22-4)19(3)14(20)16-12-9-7-6-8-10-12/h5,12H,1,6-11H2,2-4H3,(H,16,20). The topological polar surface area (TPSA) is 74.2 Å². The molecule has 0 saturated heterocycles. The SMILES string of the molecule is C=CCN(C)C(=NC(=O)OC)N(C)C(=O)NC1CCCCC1. The molecule has 1 rings (SSSR count). The fraction of sp³-hybridized carbons (Fsp3) is 0.667. The molecule has 22 heavy (non-hydrogen) atoms. The van der Waals surface area contributed by atoms with Crippen LogP contribution in [0, 0.1) is 0 Å². The van der Waals surface area contributed by atoms with Crippen LogP contribution in [0.1, 0.15) is 32.1 Å². The molecule has 0 bridgehead atoms. The summed E-state index contributed by atoms with van der Waals surface area (Å²) in [5.41, 5.74) is 0. The largest absolute Gasteiger partial charge is 0.451 e. The minimum absolute atomic E-state index is 0.188. The van der Waals surface area contributed by atoms with Gasteiger partial charge in [0.2, 0.25) is 5.96 Å². The average Bonchev–Trinajstić information content (AvgIpc) is 2.52. The fourth-order valence-corrected chi connectivity index (χ4v) is 2.43. The lowest BCUT2D eigenvalue weighted by Crippen LogP contribution is -2.50. The maximum Gasteiger partial charge on any atom is 0.436 e. The van der Waals surface area contributed by atoms with Crippen LogP contribution in [0.4, 0.5) is 9.59 Å². The number of methoxy groups -OCH3 is 1. The number of hydrogen-bond donors (Lipinski definition) is 1. The minimum Gasteiger partial charge on any atom is -0.451 e. The summed E-state index contributed by atoms with van der Waals surface area (Å²) in [6, 6.07) is -0.0850. The first-order valence-electron chi connectivity index (χ1n) is 7.52. The molecule has 0 atom stereocenters. The second-order valence-electron chi connectivity index (χ2n) is 5.39. The van der Waals surface area contributed by atoms with Gasteiger partial charge >= 0.3 is 12.1 Å². The van der Waals surface area contributed by atoms with Gasteiger partial charge in [-0.3, -0.25) is 4.90 Å². The number of amides is 3. The van der Waals surface area contributed by atoms with Gasteiger partial charge in [-0.15, -0.1) is 11.6 Å². The highest BCUT2D eigenvalue weighted by Gasteiger charge is 2.23. The number of aliphatic imine (C=N–C) groups is 1. The summed E-state index contributed by atoms with van der Waals surface area (Å²) in [6.45, 7) is 4.10. The van der Waals surface area contributed by atoms with Crippen LogP contribution in [0.5, 0.6) is 0 Å². The summed E-state index contributed by atoms with van der Waals surface area (Å²) in [7, 11) is 4.56. The molecule has 7 heteroatoms. The predicted octanol–water partition coefficient (Wildman–Crippen LogP) is 2.20. The van der Waals surface area contributed by atoms with Crippen molar-refractivity contribution in [3.63, 3.8) is 0 Å². The molecule has 0 spiro atoms. The summed E-state index contributed by atoms with van der Waals surface area (Å²) in [4.78, 5) is 30.6.